The van der Waals surface area contributed by atoms with Crippen LogP contribution in [0, 0.1) is 17.1 Å². The van der Waals surface area contributed by atoms with Gasteiger partial charge >= 0.3 is 0 Å². The van der Waals surface area contributed by atoms with Gasteiger partial charge in [0.25, 0.3) is 0 Å². The topological polar surface area (TPSA) is 87.2 Å². The smallest absolute Gasteiger partial charge is 0.245 e. The Morgan fingerprint density at radius 2 is 2.17 bits per heavy atom. The molecule has 0 amide bonds. The lowest BCUT2D eigenvalue weighted by Crippen LogP contribution is -2.35. The van der Waals surface area contributed by atoms with Crippen LogP contribution < -0.4 is 5.73 Å². The van der Waals surface area contributed by atoms with Crippen LogP contribution in [0.25, 0.3) is 0 Å². The molecule has 1 aromatic carbocycles. The molecule has 0 bridgehead atoms. The van der Waals surface area contributed by atoms with E-state index >= 15 is 0 Å². The molecule has 0 radical (unpaired) electrons. The second-order valence-corrected chi connectivity index (χ2v) is 5.88. The number of nitrogen functional groups attached to an aromatic ring is 1. The molecule has 0 saturated carbocycles. The van der Waals surface area contributed by atoms with E-state index in [0.29, 0.717) is 0 Å². The van der Waals surface area contributed by atoms with Crippen molar-refractivity contribution in [3.8, 4) is 6.07 Å². The highest BCUT2D eigenvalue weighted by Gasteiger charge is 2.27. The molecule has 5 nitrogen and oxygen atoms in total. The molecule has 0 saturated heterocycles. The SMILES string of the molecule is CC(CC#N)N(C)S(=O)(=O)c1cc(F)ccc1N. The highest BCUT2D eigenvalue weighted by atomic mass is 32.2. The van der Waals surface area contributed by atoms with Crippen LogP contribution in [0.4, 0.5) is 10.1 Å². The number of hydrogen-bond donors (Lipinski definition) is 1. The van der Waals surface area contributed by atoms with Gasteiger partial charge in [-0.15, -0.1) is 0 Å². The highest BCUT2D eigenvalue weighted by Crippen LogP contribution is 2.24. The third-order valence-electron chi connectivity index (χ3n) is 2.64. The van der Waals surface area contributed by atoms with E-state index in [4.69, 9.17) is 11.0 Å². The van der Waals surface area contributed by atoms with Crippen molar-refractivity contribution in [2.24, 2.45) is 0 Å². The van der Waals surface area contributed by atoms with E-state index < -0.39 is 21.9 Å². The van der Waals surface area contributed by atoms with Crippen molar-refractivity contribution >= 4 is 15.7 Å². The van der Waals surface area contributed by atoms with Gasteiger partial charge < -0.3 is 5.73 Å². The molecule has 1 rings (SSSR count). The monoisotopic (exact) mass is 271 g/mol. The van der Waals surface area contributed by atoms with E-state index in [0.717, 1.165) is 16.4 Å². The van der Waals surface area contributed by atoms with Gasteiger partial charge in [0, 0.05) is 13.1 Å². The zero-order valence-electron chi connectivity index (χ0n) is 10.1. The van der Waals surface area contributed by atoms with Crippen molar-refractivity contribution in [2.75, 3.05) is 12.8 Å². The summed E-state index contributed by atoms with van der Waals surface area (Å²) in [7, 11) is -2.56. The minimum absolute atomic E-state index is 0.0209. The maximum absolute atomic E-state index is 13.1. The maximum atomic E-state index is 13.1. The zero-order chi connectivity index (χ0) is 13.9. The van der Waals surface area contributed by atoms with Gasteiger partial charge in [0.1, 0.15) is 10.7 Å². The Bertz CT molecular complexity index is 580. The third kappa shape index (κ3) is 2.78. The number of nitrogens with two attached hydrogens (primary N) is 1. The number of nitrogens with zero attached hydrogens (tertiary/aromatic N) is 2. The summed E-state index contributed by atoms with van der Waals surface area (Å²) < 4.78 is 38.5. The van der Waals surface area contributed by atoms with Crippen molar-refractivity contribution in [2.45, 2.75) is 24.3 Å². The van der Waals surface area contributed by atoms with Gasteiger partial charge in [-0.05, 0) is 25.1 Å². The van der Waals surface area contributed by atoms with Gasteiger partial charge in [-0.3, -0.25) is 0 Å². The van der Waals surface area contributed by atoms with Crippen LogP contribution in [-0.2, 0) is 10.0 Å². The second-order valence-electron chi connectivity index (χ2n) is 3.91. The van der Waals surface area contributed by atoms with E-state index in [9.17, 15) is 12.8 Å². The molecular weight excluding hydrogens is 257 g/mol. The van der Waals surface area contributed by atoms with Gasteiger partial charge in [0.2, 0.25) is 10.0 Å². The predicted molar refractivity (Wildman–Crippen MR) is 65.5 cm³/mol. The number of rotatable bonds is 4. The summed E-state index contributed by atoms with van der Waals surface area (Å²) in [6.07, 6.45) is 0.0466. The standard InChI is InChI=1S/C11H14FN3O2S/c1-8(5-6-13)15(2)18(16,17)11-7-9(12)3-4-10(11)14/h3-4,7-8H,5,14H2,1-2H3. The summed E-state index contributed by atoms with van der Waals surface area (Å²) in [6.45, 7) is 1.59. The molecule has 98 valence electrons. The molecule has 0 heterocycles. The fraction of sp³-hybridized carbons (Fsp3) is 0.364. The predicted octanol–water partition coefficient (Wildman–Crippen LogP) is 1.33. The Morgan fingerprint density at radius 3 is 2.72 bits per heavy atom. The van der Waals surface area contributed by atoms with Gasteiger partial charge in [-0.2, -0.15) is 9.57 Å². The Balaban J connectivity index is 3.22. The lowest BCUT2D eigenvalue weighted by molar-refractivity contribution is 0.393. The number of benzene rings is 1. The van der Waals surface area contributed by atoms with Crippen molar-refractivity contribution < 1.29 is 12.8 Å². The lowest BCUT2D eigenvalue weighted by Gasteiger charge is -2.23. The number of nitriles is 1. The van der Waals surface area contributed by atoms with E-state index in [1.807, 2.05) is 6.07 Å². The fourth-order valence-corrected chi connectivity index (χ4v) is 2.87. The number of sulfonamides is 1. The molecule has 0 fully saturated rings. The Labute approximate surface area is 106 Å². The minimum Gasteiger partial charge on any atom is -0.398 e. The maximum Gasteiger partial charge on any atom is 0.245 e. The molecule has 1 unspecified atom stereocenters. The van der Waals surface area contributed by atoms with E-state index in [-0.39, 0.29) is 17.0 Å². The summed E-state index contributed by atoms with van der Waals surface area (Å²) in [5.41, 5.74) is 5.53. The zero-order valence-corrected chi connectivity index (χ0v) is 10.9. The summed E-state index contributed by atoms with van der Waals surface area (Å²) in [5, 5.41) is 8.56. The lowest BCUT2D eigenvalue weighted by atomic mass is 10.3. The Morgan fingerprint density at radius 1 is 1.56 bits per heavy atom. The van der Waals surface area contributed by atoms with Crippen LogP contribution in [0.5, 0.6) is 0 Å². The number of anilines is 1. The van der Waals surface area contributed by atoms with Crippen LogP contribution in [0.15, 0.2) is 23.1 Å². The molecule has 0 aliphatic rings. The molecule has 2 N–H and O–H groups in total. The van der Waals surface area contributed by atoms with E-state index in [1.54, 1.807) is 6.92 Å². The average molecular weight is 271 g/mol. The van der Waals surface area contributed by atoms with Crippen LogP contribution >= 0.6 is 0 Å². The largest absolute Gasteiger partial charge is 0.398 e. The van der Waals surface area contributed by atoms with Crippen molar-refractivity contribution in [1.82, 2.24) is 4.31 Å². The van der Waals surface area contributed by atoms with Crippen LogP contribution in [0.2, 0.25) is 0 Å². The van der Waals surface area contributed by atoms with Crippen molar-refractivity contribution in [3.05, 3.63) is 24.0 Å². The summed E-state index contributed by atoms with van der Waals surface area (Å²) in [6, 6.07) is 4.54. The minimum atomic E-state index is -3.90. The molecule has 0 aromatic heterocycles. The summed E-state index contributed by atoms with van der Waals surface area (Å²) in [4.78, 5) is -0.283. The quantitative estimate of drug-likeness (QED) is 0.837. The normalized spacial score (nSPS) is 13.3. The fourth-order valence-electron chi connectivity index (χ4n) is 1.38. The average Bonchev–Trinajstić information content (AvgIpc) is 2.31. The first-order valence-electron chi connectivity index (χ1n) is 5.20. The van der Waals surface area contributed by atoms with Gasteiger partial charge in [0.15, 0.2) is 0 Å². The van der Waals surface area contributed by atoms with Gasteiger partial charge in [-0.1, -0.05) is 0 Å². The second kappa shape index (κ2) is 5.33. The Kier molecular flexibility index (Phi) is 4.27. The first-order valence-corrected chi connectivity index (χ1v) is 6.64. The van der Waals surface area contributed by atoms with Gasteiger partial charge in [0.05, 0.1) is 18.2 Å². The molecule has 0 spiro atoms. The summed E-state index contributed by atoms with van der Waals surface area (Å²) in [5.74, 6) is -0.677. The van der Waals surface area contributed by atoms with Crippen LogP contribution in [0.3, 0.4) is 0 Å². The molecule has 1 aromatic rings. The molecule has 18 heavy (non-hydrogen) atoms. The third-order valence-corrected chi connectivity index (χ3v) is 4.67. The summed E-state index contributed by atoms with van der Waals surface area (Å²) >= 11 is 0. The van der Waals surface area contributed by atoms with E-state index in [1.165, 1.54) is 13.1 Å². The molecular formula is C11H14FN3O2S. The molecule has 7 heteroatoms. The number of hydrogen-bond acceptors (Lipinski definition) is 4. The molecule has 1 atom stereocenters. The highest BCUT2D eigenvalue weighted by molar-refractivity contribution is 7.89. The first-order chi connectivity index (χ1) is 8.30. The Hall–Kier alpha value is -1.65. The van der Waals surface area contributed by atoms with Gasteiger partial charge in [-0.25, -0.2) is 12.8 Å². The van der Waals surface area contributed by atoms with Crippen molar-refractivity contribution in [3.63, 3.8) is 0 Å². The first kappa shape index (κ1) is 14.4. The van der Waals surface area contributed by atoms with Crippen molar-refractivity contribution in [1.29, 1.82) is 5.26 Å². The van der Waals surface area contributed by atoms with Crippen LogP contribution in [-0.4, -0.2) is 25.8 Å². The molecule has 0 aliphatic carbocycles. The van der Waals surface area contributed by atoms with E-state index in [2.05, 4.69) is 0 Å². The number of halogens is 1. The van der Waals surface area contributed by atoms with Crippen LogP contribution in [0.1, 0.15) is 13.3 Å². The molecule has 0 aliphatic heterocycles.